The van der Waals surface area contributed by atoms with Crippen LogP contribution in [0.3, 0.4) is 0 Å². The normalized spacial score (nSPS) is 23.8. The lowest BCUT2D eigenvalue weighted by Crippen LogP contribution is -2.55. The molecule has 0 fully saturated rings. The zero-order chi connectivity index (χ0) is 21.8. The fourth-order valence-electron chi connectivity index (χ4n) is 3.78. The van der Waals surface area contributed by atoms with E-state index in [1.54, 1.807) is 24.3 Å². The number of amides is 1. The van der Waals surface area contributed by atoms with Crippen LogP contribution in [0.15, 0.2) is 72.8 Å². The second-order valence-electron chi connectivity index (χ2n) is 7.84. The third kappa shape index (κ3) is 4.75. The summed E-state index contributed by atoms with van der Waals surface area (Å²) in [5.41, 5.74) is 1.04. The first-order valence-electron chi connectivity index (χ1n) is 10.3. The number of fused-ring (bicyclic) bond motifs is 1. The van der Waals surface area contributed by atoms with E-state index in [0.717, 1.165) is 29.2 Å². The van der Waals surface area contributed by atoms with Crippen molar-refractivity contribution in [3.05, 3.63) is 89.5 Å². The minimum Gasteiger partial charge on any atom is -0.489 e. The highest BCUT2D eigenvalue weighted by molar-refractivity contribution is 7.98. The summed E-state index contributed by atoms with van der Waals surface area (Å²) >= 11 is 1.83. The van der Waals surface area contributed by atoms with E-state index in [2.05, 4.69) is 17.4 Å². The summed E-state index contributed by atoms with van der Waals surface area (Å²) in [5, 5.41) is 13.4. The third-order valence-electron chi connectivity index (χ3n) is 5.57. The molecule has 6 heteroatoms. The summed E-state index contributed by atoms with van der Waals surface area (Å²) in [7, 11) is 0. The van der Waals surface area contributed by atoms with Crippen LogP contribution in [0.5, 0.6) is 5.75 Å². The fraction of sp³-hybridized carbons (Fsp3) is 0.280. The number of nitrogens with one attached hydrogen (secondary N) is 1. The number of aliphatic hydroxyl groups is 1. The van der Waals surface area contributed by atoms with Crippen LogP contribution in [0.25, 0.3) is 0 Å². The average Bonchev–Trinajstić information content (AvgIpc) is 3.18. The number of thioether (sulfide) groups is 1. The van der Waals surface area contributed by atoms with Crippen LogP contribution in [0.1, 0.15) is 28.4 Å². The molecule has 160 valence electrons. The van der Waals surface area contributed by atoms with Crippen molar-refractivity contribution in [2.24, 2.45) is 0 Å². The quantitative estimate of drug-likeness (QED) is 0.697. The highest BCUT2D eigenvalue weighted by Gasteiger charge is 2.39. The van der Waals surface area contributed by atoms with E-state index in [0.29, 0.717) is 5.56 Å². The van der Waals surface area contributed by atoms with Gasteiger partial charge in [-0.2, -0.15) is 11.8 Å². The van der Waals surface area contributed by atoms with E-state index in [1.807, 2.05) is 42.1 Å². The molecule has 0 radical (unpaired) electrons. The SMILES string of the molecule is CC(=O)C1(O)C=CC=CC1NC(=O)c1ccc2c(c1)CC(CSCc1ccccc1)O2. The predicted molar refractivity (Wildman–Crippen MR) is 122 cm³/mol. The van der Waals surface area contributed by atoms with E-state index in [1.165, 1.54) is 18.6 Å². The first-order valence-corrected chi connectivity index (χ1v) is 11.4. The van der Waals surface area contributed by atoms with Gasteiger partial charge >= 0.3 is 0 Å². The Kier molecular flexibility index (Phi) is 6.30. The number of benzene rings is 2. The molecule has 31 heavy (non-hydrogen) atoms. The lowest BCUT2D eigenvalue weighted by Gasteiger charge is -2.31. The van der Waals surface area contributed by atoms with Crippen LogP contribution in [-0.2, 0) is 17.0 Å². The summed E-state index contributed by atoms with van der Waals surface area (Å²) in [5.74, 6) is 1.86. The number of carbonyl (C=O) groups excluding carboxylic acids is 2. The van der Waals surface area contributed by atoms with Gasteiger partial charge in [0.15, 0.2) is 11.4 Å². The second-order valence-corrected chi connectivity index (χ2v) is 8.87. The molecule has 1 aliphatic carbocycles. The molecule has 0 spiro atoms. The number of hydrogen-bond acceptors (Lipinski definition) is 5. The largest absolute Gasteiger partial charge is 0.489 e. The summed E-state index contributed by atoms with van der Waals surface area (Å²) in [6.45, 7) is 1.31. The summed E-state index contributed by atoms with van der Waals surface area (Å²) in [6.07, 6.45) is 7.17. The Balaban J connectivity index is 1.36. The Morgan fingerprint density at radius 1 is 1.19 bits per heavy atom. The van der Waals surface area contributed by atoms with Gasteiger partial charge in [0.25, 0.3) is 5.91 Å². The van der Waals surface area contributed by atoms with Gasteiger partial charge in [-0.15, -0.1) is 0 Å². The van der Waals surface area contributed by atoms with Crippen molar-refractivity contribution in [1.29, 1.82) is 0 Å². The van der Waals surface area contributed by atoms with Gasteiger partial charge in [-0.05, 0) is 42.3 Å². The first kappa shape index (κ1) is 21.4. The molecule has 1 amide bonds. The van der Waals surface area contributed by atoms with Gasteiger partial charge in [0.1, 0.15) is 11.9 Å². The molecule has 5 nitrogen and oxygen atoms in total. The number of Topliss-reactive ketones (excluding diaryl/α,β-unsaturated/α-hetero) is 1. The van der Waals surface area contributed by atoms with Gasteiger partial charge in [-0.1, -0.05) is 48.6 Å². The van der Waals surface area contributed by atoms with Crippen molar-refractivity contribution >= 4 is 23.5 Å². The molecule has 2 aromatic carbocycles. The fourth-order valence-corrected chi connectivity index (χ4v) is 4.78. The van der Waals surface area contributed by atoms with Gasteiger partial charge in [0, 0.05) is 23.5 Å². The van der Waals surface area contributed by atoms with E-state index in [-0.39, 0.29) is 12.0 Å². The van der Waals surface area contributed by atoms with Gasteiger partial charge in [-0.25, -0.2) is 0 Å². The first-order chi connectivity index (χ1) is 15.0. The number of ether oxygens (including phenoxy) is 1. The van der Waals surface area contributed by atoms with Crippen molar-refractivity contribution in [1.82, 2.24) is 5.32 Å². The maximum Gasteiger partial charge on any atom is 0.251 e. The molecule has 4 rings (SSSR count). The molecular weight excluding hydrogens is 410 g/mol. The molecule has 0 saturated heterocycles. The Hall–Kier alpha value is -2.83. The highest BCUT2D eigenvalue weighted by atomic mass is 32.2. The topological polar surface area (TPSA) is 75.6 Å². The van der Waals surface area contributed by atoms with E-state index < -0.39 is 17.4 Å². The van der Waals surface area contributed by atoms with Crippen molar-refractivity contribution in [2.75, 3.05) is 5.75 Å². The maximum atomic E-state index is 12.8. The lowest BCUT2D eigenvalue weighted by atomic mass is 9.86. The van der Waals surface area contributed by atoms with Gasteiger partial charge in [0.05, 0.1) is 6.04 Å². The molecule has 0 aromatic heterocycles. The van der Waals surface area contributed by atoms with Crippen molar-refractivity contribution in [3.8, 4) is 5.75 Å². The molecule has 1 aliphatic heterocycles. The molecule has 0 bridgehead atoms. The van der Waals surface area contributed by atoms with Gasteiger partial charge < -0.3 is 15.2 Å². The smallest absolute Gasteiger partial charge is 0.251 e. The molecule has 3 unspecified atom stereocenters. The maximum absolute atomic E-state index is 12.8. The number of carbonyl (C=O) groups is 2. The van der Waals surface area contributed by atoms with Crippen LogP contribution < -0.4 is 10.1 Å². The predicted octanol–water partition coefficient (Wildman–Crippen LogP) is 3.47. The molecule has 2 aromatic rings. The van der Waals surface area contributed by atoms with Crippen LogP contribution in [-0.4, -0.2) is 40.3 Å². The number of allylic oxidation sites excluding steroid dienone is 2. The molecule has 2 aliphatic rings. The lowest BCUT2D eigenvalue weighted by molar-refractivity contribution is -0.131. The Bertz CT molecular complexity index is 1030. The van der Waals surface area contributed by atoms with Crippen molar-refractivity contribution in [2.45, 2.75) is 36.8 Å². The highest BCUT2D eigenvalue weighted by Crippen LogP contribution is 2.31. The minimum atomic E-state index is -1.73. The average molecular weight is 436 g/mol. The third-order valence-corrected chi connectivity index (χ3v) is 6.71. The number of ketones is 1. The monoisotopic (exact) mass is 435 g/mol. The molecular formula is C25H25NO4S. The van der Waals surface area contributed by atoms with E-state index >= 15 is 0 Å². The Morgan fingerprint density at radius 3 is 2.77 bits per heavy atom. The Morgan fingerprint density at radius 2 is 2.00 bits per heavy atom. The van der Waals surface area contributed by atoms with Gasteiger partial charge in [-0.3, -0.25) is 9.59 Å². The van der Waals surface area contributed by atoms with Crippen molar-refractivity contribution < 1.29 is 19.4 Å². The van der Waals surface area contributed by atoms with Crippen LogP contribution >= 0.6 is 11.8 Å². The van der Waals surface area contributed by atoms with Gasteiger partial charge in [0.2, 0.25) is 0 Å². The second kappa shape index (κ2) is 9.12. The number of hydrogen-bond donors (Lipinski definition) is 2. The minimum absolute atomic E-state index is 0.0799. The van der Waals surface area contributed by atoms with Crippen molar-refractivity contribution in [3.63, 3.8) is 0 Å². The standard InChI is InChI=1S/C25H25NO4S/c1-17(27)25(29)12-6-5-9-23(25)26-24(28)19-10-11-22-20(13-19)14-21(30-22)16-31-15-18-7-3-2-4-8-18/h2-13,21,23,29H,14-16H2,1H3,(H,26,28). The van der Waals surface area contributed by atoms with Crippen LogP contribution in [0, 0.1) is 0 Å². The zero-order valence-electron chi connectivity index (χ0n) is 17.3. The number of rotatable bonds is 7. The summed E-state index contributed by atoms with van der Waals surface area (Å²) in [4.78, 5) is 24.7. The summed E-state index contributed by atoms with van der Waals surface area (Å²) in [6, 6.07) is 14.9. The molecule has 1 heterocycles. The molecule has 2 N–H and O–H groups in total. The zero-order valence-corrected chi connectivity index (χ0v) is 18.1. The van der Waals surface area contributed by atoms with Crippen LogP contribution in [0.4, 0.5) is 0 Å². The summed E-state index contributed by atoms with van der Waals surface area (Å²) < 4.78 is 6.04. The van der Waals surface area contributed by atoms with E-state index in [9.17, 15) is 14.7 Å². The van der Waals surface area contributed by atoms with E-state index in [4.69, 9.17) is 4.74 Å². The molecule has 3 atom stereocenters. The Labute approximate surface area is 186 Å². The molecule has 0 saturated carbocycles. The van der Waals surface area contributed by atoms with Crippen LogP contribution in [0.2, 0.25) is 0 Å².